The Morgan fingerprint density at radius 1 is 1.10 bits per heavy atom. The first-order valence-electron chi connectivity index (χ1n) is 5.81. The van der Waals surface area contributed by atoms with Gasteiger partial charge < -0.3 is 5.73 Å². The summed E-state index contributed by atoms with van der Waals surface area (Å²) in [6, 6.07) is 15.0. The molecule has 0 unspecified atom stereocenters. The highest BCUT2D eigenvalue weighted by molar-refractivity contribution is 7.99. The largest absolute Gasteiger partial charge is 0.398 e. The van der Waals surface area contributed by atoms with E-state index in [4.69, 9.17) is 17.3 Å². The number of hydrogen-bond acceptors (Lipinski definition) is 5. The highest BCUT2D eigenvalue weighted by atomic mass is 35.5. The molecular weight excluding hydrogens is 294 g/mol. The second kappa shape index (κ2) is 5.52. The van der Waals surface area contributed by atoms with Crippen LogP contribution in [0.4, 0.5) is 5.69 Å². The highest BCUT2D eigenvalue weighted by Crippen LogP contribution is 2.33. The average Bonchev–Trinajstić information content (AvgIpc) is 2.92. The number of aromatic nitrogens is 4. The SMILES string of the molecule is Nc1ccc(Cl)cc1Sc1nnnn1-c1ccccc1. The van der Waals surface area contributed by atoms with Gasteiger partial charge in [-0.15, -0.1) is 5.10 Å². The van der Waals surface area contributed by atoms with Crippen molar-refractivity contribution in [1.82, 2.24) is 20.2 Å². The van der Waals surface area contributed by atoms with E-state index in [0.717, 1.165) is 10.6 Å². The second-order valence-corrected chi connectivity index (χ2v) is 5.44. The van der Waals surface area contributed by atoms with Crippen LogP contribution in [0.5, 0.6) is 0 Å². The quantitative estimate of drug-likeness (QED) is 0.753. The van der Waals surface area contributed by atoms with Gasteiger partial charge in [0.2, 0.25) is 5.16 Å². The Balaban J connectivity index is 1.97. The summed E-state index contributed by atoms with van der Waals surface area (Å²) in [5.74, 6) is 0. The van der Waals surface area contributed by atoms with Crippen LogP contribution in [0.1, 0.15) is 0 Å². The third-order valence-corrected chi connectivity index (χ3v) is 3.86. The minimum atomic E-state index is 0.625. The molecule has 3 aromatic rings. The van der Waals surface area contributed by atoms with E-state index in [9.17, 15) is 0 Å². The number of rotatable bonds is 3. The molecule has 0 amide bonds. The number of tetrazole rings is 1. The molecule has 7 heteroatoms. The molecular formula is C13H10ClN5S. The summed E-state index contributed by atoms with van der Waals surface area (Å²) in [5.41, 5.74) is 7.47. The average molecular weight is 304 g/mol. The molecule has 100 valence electrons. The fourth-order valence-electron chi connectivity index (χ4n) is 1.67. The molecule has 1 heterocycles. The molecule has 0 aliphatic heterocycles. The van der Waals surface area contributed by atoms with Crippen molar-refractivity contribution in [3.63, 3.8) is 0 Å². The van der Waals surface area contributed by atoms with Gasteiger partial charge in [-0.2, -0.15) is 4.68 Å². The zero-order chi connectivity index (χ0) is 13.9. The van der Waals surface area contributed by atoms with E-state index in [2.05, 4.69) is 15.5 Å². The van der Waals surface area contributed by atoms with E-state index in [0.29, 0.717) is 15.9 Å². The molecule has 0 radical (unpaired) electrons. The van der Waals surface area contributed by atoms with Crippen molar-refractivity contribution in [2.75, 3.05) is 5.73 Å². The fraction of sp³-hybridized carbons (Fsp3) is 0. The first-order valence-corrected chi connectivity index (χ1v) is 7.00. The van der Waals surface area contributed by atoms with E-state index in [1.54, 1.807) is 22.9 Å². The number of halogens is 1. The fourth-order valence-corrected chi connectivity index (χ4v) is 2.78. The van der Waals surface area contributed by atoms with Crippen LogP contribution in [-0.4, -0.2) is 20.2 Å². The van der Waals surface area contributed by atoms with Gasteiger partial charge in [0.25, 0.3) is 0 Å². The number of hydrogen-bond donors (Lipinski definition) is 1. The van der Waals surface area contributed by atoms with Gasteiger partial charge in [0, 0.05) is 15.6 Å². The Hall–Kier alpha value is -2.05. The lowest BCUT2D eigenvalue weighted by Gasteiger charge is -2.06. The van der Waals surface area contributed by atoms with Crippen LogP contribution in [-0.2, 0) is 0 Å². The monoisotopic (exact) mass is 303 g/mol. The Kier molecular flexibility index (Phi) is 3.58. The van der Waals surface area contributed by atoms with Gasteiger partial charge in [-0.25, -0.2) is 0 Å². The molecule has 20 heavy (non-hydrogen) atoms. The van der Waals surface area contributed by atoms with Crippen molar-refractivity contribution >= 4 is 29.1 Å². The van der Waals surface area contributed by atoms with Crippen molar-refractivity contribution in [2.45, 2.75) is 10.1 Å². The van der Waals surface area contributed by atoms with Crippen LogP contribution in [0, 0.1) is 0 Å². The summed E-state index contributed by atoms with van der Waals surface area (Å²) in [4.78, 5) is 0.824. The first kappa shape index (κ1) is 13.0. The van der Waals surface area contributed by atoms with Gasteiger partial charge in [0.1, 0.15) is 0 Å². The molecule has 1 aromatic heterocycles. The van der Waals surface area contributed by atoms with E-state index < -0.39 is 0 Å². The Morgan fingerprint density at radius 2 is 1.90 bits per heavy atom. The summed E-state index contributed by atoms with van der Waals surface area (Å²) in [6.07, 6.45) is 0. The van der Waals surface area contributed by atoms with Gasteiger partial charge in [-0.3, -0.25) is 0 Å². The van der Waals surface area contributed by atoms with Gasteiger partial charge in [-0.1, -0.05) is 29.8 Å². The lowest BCUT2D eigenvalue weighted by atomic mass is 10.3. The normalized spacial score (nSPS) is 10.7. The molecule has 0 saturated heterocycles. The second-order valence-electron chi connectivity index (χ2n) is 3.99. The van der Waals surface area contributed by atoms with Crippen LogP contribution in [0.3, 0.4) is 0 Å². The maximum atomic E-state index is 5.99. The Bertz CT molecular complexity index is 729. The van der Waals surface area contributed by atoms with Gasteiger partial charge in [0.15, 0.2) is 0 Å². The predicted octanol–water partition coefficient (Wildman–Crippen LogP) is 3.05. The van der Waals surface area contributed by atoms with Crippen LogP contribution >= 0.6 is 23.4 Å². The van der Waals surface area contributed by atoms with Crippen molar-refractivity contribution in [3.8, 4) is 5.69 Å². The number of para-hydroxylation sites is 1. The highest BCUT2D eigenvalue weighted by Gasteiger charge is 2.11. The van der Waals surface area contributed by atoms with Crippen molar-refractivity contribution in [1.29, 1.82) is 0 Å². The third-order valence-electron chi connectivity index (χ3n) is 2.62. The van der Waals surface area contributed by atoms with Gasteiger partial charge in [-0.05, 0) is 52.5 Å². The molecule has 0 aliphatic rings. The van der Waals surface area contributed by atoms with Crippen molar-refractivity contribution in [2.24, 2.45) is 0 Å². The van der Waals surface area contributed by atoms with E-state index in [-0.39, 0.29) is 0 Å². The summed E-state index contributed by atoms with van der Waals surface area (Å²) in [5, 5.41) is 13.0. The number of nitrogen functional groups attached to an aromatic ring is 1. The van der Waals surface area contributed by atoms with Gasteiger partial charge >= 0.3 is 0 Å². The molecule has 0 spiro atoms. The molecule has 3 rings (SSSR count). The lowest BCUT2D eigenvalue weighted by Crippen LogP contribution is -1.98. The molecule has 5 nitrogen and oxygen atoms in total. The third kappa shape index (κ3) is 2.61. The summed E-state index contributed by atoms with van der Waals surface area (Å²) < 4.78 is 1.66. The maximum absolute atomic E-state index is 5.99. The Morgan fingerprint density at radius 3 is 2.70 bits per heavy atom. The van der Waals surface area contributed by atoms with E-state index in [1.165, 1.54) is 11.8 Å². The molecule has 0 bridgehead atoms. The summed E-state index contributed by atoms with van der Waals surface area (Å²) in [7, 11) is 0. The minimum Gasteiger partial charge on any atom is -0.398 e. The molecule has 0 fully saturated rings. The summed E-state index contributed by atoms with van der Waals surface area (Å²) in [6.45, 7) is 0. The zero-order valence-corrected chi connectivity index (χ0v) is 11.8. The standard InChI is InChI=1S/C13H10ClN5S/c14-9-6-7-11(15)12(8-9)20-13-16-17-18-19(13)10-4-2-1-3-5-10/h1-8H,15H2. The molecule has 0 aliphatic carbocycles. The zero-order valence-electron chi connectivity index (χ0n) is 10.3. The van der Waals surface area contributed by atoms with Crippen LogP contribution in [0.15, 0.2) is 58.6 Å². The van der Waals surface area contributed by atoms with Gasteiger partial charge in [0.05, 0.1) is 5.69 Å². The molecule has 2 N–H and O–H groups in total. The van der Waals surface area contributed by atoms with Crippen molar-refractivity contribution in [3.05, 3.63) is 53.6 Å². The first-order chi connectivity index (χ1) is 9.74. The van der Waals surface area contributed by atoms with Crippen molar-refractivity contribution < 1.29 is 0 Å². The smallest absolute Gasteiger partial charge is 0.218 e. The topological polar surface area (TPSA) is 69.6 Å². The molecule has 0 atom stereocenters. The molecule has 0 saturated carbocycles. The lowest BCUT2D eigenvalue weighted by molar-refractivity contribution is 0.756. The van der Waals surface area contributed by atoms with E-state index in [1.807, 2.05) is 30.3 Å². The number of nitrogens with two attached hydrogens (primary N) is 1. The number of anilines is 1. The predicted molar refractivity (Wildman–Crippen MR) is 79.1 cm³/mol. The molecule has 2 aromatic carbocycles. The van der Waals surface area contributed by atoms with E-state index >= 15 is 0 Å². The maximum Gasteiger partial charge on any atom is 0.218 e. The number of benzene rings is 2. The van der Waals surface area contributed by atoms with Crippen LogP contribution in [0.2, 0.25) is 5.02 Å². The van der Waals surface area contributed by atoms with Crippen LogP contribution in [0.25, 0.3) is 5.69 Å². The minimum absolute atomic E-state index is 0.625. The Labute approximate surface area is 124 Å². The number of nitrogens with zero attached hydrogens (tertiary/aromatic N) is 4. The summed E-state index contributed by atoms with van der Waals surface area (Å²) >= 11 is 7.36. The van der Waals surface area contributed by atoms with Crippen LogP contribution < -0.4 is 5.73 Å².